The van der Waals surface area contributed by atoms with E-state index >= 15 is 4.39 Å². The Morgan fingerprint density at radius 2 is 2.00 bits per heavy atom. The normalized spacial score (nSPS) is 34.4. The number of nitrogens with zero attached hydrogens (tertiary/aromatic N) is 2. The molecule has 1 aromatic rings. The third-order valence-corrected chi connectivity index (χ3v) is 7.77. The van der Waals surface area contributed by atoms with Crippen molar-refractivity contribution in [3.63, 3.8) is 0 Å². The average molecular weight is 400 g/mol. The first-order chi connectivity index (χ1) is 13.9. The summed E-state index contributed by atoms with van der Waals surface area (Å²) in [6.07, 6.45) is 7.80. The zero-order valence-corrected chi connectivity index (χ0v) is 17.1. The standard InChI is InChI=1S/C23H29FN2O3/c1-12-9-16-21(26(15-4-5-15)11-17(22(16)27)23(28)29)20(24)19(12)14-3-6-18-13(10-14)7-8-25(18)2/h3,11-13,15,18-20H,4-10H2,1-2H3,(H,28,29). The molecule has 1 saturated heterocycles. The molecule has 0 radical (unpaired) electrons. The van der Waals surface area contributed by atoms with Gasteiger partial charge in [0.25, 0.3) is 0 Å². The monoisotopic (exact) mass is 400 g/mol. The molecule has 4 aliphatic rings. The fourth-order valence-corrected chi connectivity index (χ4v) is 6.10. The number of carboxylic acid groups (broad SMARTS) is 1. The van der Waals surface area contributed by atoms with Gasteiger partial charge in [-0.25, -0.2) is 9.18 Å². The van der Waals surface area contributed by atoms with Gasteiger partial charge < -0.3 is 14.6 Å². The Kier molecular flexibility index (Phi) is 4.46. The van der Waals surface area contributed by atoms with Gasteiger partial charge in [-0.05, 0) is 64.0 Å². The Morgan fingerprint density at radius 1 is 1.24 bits per heavy atom. The SMILES string of the molecule is CC1Cc2c(n(C3CC3)cc(C(=O)O)c2=O)C(F)C1C1=CCC2C(CCN2C)C1. The molecular formula is C23H29FN2O3. The van der Waals surface area contributed by atoms with Gasteiger partial charge in [-0.1, -0.05) is 18.6 Å². The molecule has 1 aromatic heterocycles. The summed E-state index contributed by atoms with van der Waals surface area (Å²) in [5, 5.41) is 9.47. The fraction of sp³-hybridized carbons (Fsp3) is 0.652. The minimum atomic E-state index is -1.24. The molecule has 1 saturated carbocycles. The lowest BCUT2D eigenvalue weighted by molar-refractivity contribution is 0.0693. The number of aromatic carboxylic acids is 1. The van der Waals surface area contributed by atoms with Crippen molar-refractivity contribution in [1.82, 2.24) is 9.47 Å². The van der Waals surface area contributed by atoms with Gasteiger partial charge in [0, 0.05) is 29.8 Å². The molecule has 29 heavy (non-hydrogen) atoms. The number of fused-ring (bicyclic) bond motifs is 2. The Balaban J connectivity index is 1.55. The van der Waals surface area contributed by atoms with Crippen molar-refractivity contribution in [2.45, 2.75) is 63.7 Å². The number of pyridine rings is 1. The van der Waals surface area contributed by atoms with E-state index in [1.54, 1.807) is 4.57 Å². The molecular weight excluding hydrogens is 371 g/mol. The molecule has 156 valence electrons. The zero-order chi connectivity index (χ0) is 20.4. The highest BCUT2D eigenvalue weighted by Crippen LogP contribution is 2.50. The van der Waals surface area contributed by atoms with E-state index in [4.69, 9.17) is 0 Å². The van der Waals surface area contributed by atoms with Crippen LogP contribution in [0.15, 0.2) is 22.6 Å². The number of hydrogen-bond donors (Lipinski definition) is 1. The molecule has 1 aliphatic heterocycles. The van der Waals surface area contributed by atoms with E-state index in [1.807, 2.05) is 6.92 Å². The average Bonchev–Trinajstić information content (AvgIpc) is 3.46. The van der Waals surface area contributed by atoms with Gasteiger partial charge in [0.2, 0.25) is 0 Å². The molecule has 3 aliphatic carbocycles. The number of allylic oxidation sites excluding steroid dienone is 1. The van der Waals surface area contributed by atoms with Crippen LogP contribution in [-0.4, -0.2) is 40.2 Å². The molecule has 0 amide bonds. The van der Waals surface area contributed by atoms with Crippen LogP contribution in [0.2, 0.25) is 0 Å². The van der Waals surface area contributed by atoms with E-state index in [2.05, 4.69) is 18.0 Å². The first-order valence-corrected chi connectivity index (χ1v) is 10.9. The van der Waals surface area contributed by atoms with Crippen LogP contribution in [-0.2, 0) is 6.42 Å². The molecule has 5 nitrogen and oxygen atoms in total. The van der Waals surface area contributed by atoms with E-state index in [0.717, 1.165) is 32.2 Å². The van der Waals surface area contributed by atoms with Gasteiger partial charge in [-0.3, -0.25) is 4.79 Å². The second kappa shape index (κ2) is 6.79. The van der Waals surface area contributed by atoms with Crippen molar-refractivity contribution in [3.8, 4) is 0 Å². The number of hydrogen-bond acceptors (Lipinski definition) is 3. The summed E-state index contributed by atoms with van der Waals surface area (Å²) in [5.41, 5.74) is 1.35. The Hall–Kier alpha value is -1.95. The number of alkyl halides is 1. The fourth-order valence-electron chi connectivity index (χ4n) is 6.10. The molecule has 0 aromatic carbocycles. The van der Waals surface area contributed by atoms with Gasteiger partial charge in [-0.2, -0.15) is 0 Å². The van der Waals surface area contributed by atoms with Crippen molar-refractivity contribution in [1.29, 1.82) is 0 Å². The van der Waals surface area contributed by atoms with Crippen LogP contribution in [0, 0.1) is 17.8 Å². The van der Waals surface area contributed by atoms with Gasteiger partial charge in [0.15, 0.2) is 5.43 Å². The summed E-state index contributed by atoms with van der Waals surface area (Å²) in [6.45, 7) is 3.12. The molecule has 0 bridgehead atoms. The maximum absolute atomic E-state index is 16.1. The molecule has 1 N–H and O–H groups in total. The van der Waals surface area contributed by atoms with Crippen molar-refractivity contribution in [2.75, 3.05) is 13.6 Å². The van der Waals surface area contributed by atoms with Crippen LogP contribution in [0.25, 0.3) is 0 Å². The first kappa shape index (κ1) is 19.0. The lowest BCUT2D eigenvalue weighted by Gasteiger charge is -2.40. The molecule has 2 fully saturated rings. The second-order valence-electron chi connectivity index (χ2n) is 9.60. The van der Waals surface area contributed by atoms with Crippen molar-refractivity contribution >= 4 is 5.97 Å². The number of carboxylic acids is 1. The minimum absolute atomic E-state index is 0.0103. The lowest BCUT2D eigenvalue weighted by Crippen LogP contribution is -2.38. The summed E-state index contributed by atoms with van der Waals surface area (Å²) < 4.78 is 17.9. The Morgan fingerprint density at radius 3 is 2.69 bits per heavy atom. The van der Waals surface area contributed by atoms with Crippen LogP contribution < -0.4 is 5.43 Å². The molecule has 0 spiro atoms. The topological polar surface area (TPSA) is 62.5 Å². The number of rotatable bonds is 3. The van der Waals surface area contributed by atoms with Crippen LogP contribution in [0.1, 0.15) is 72.9 Å². The predicted molar refractivity (Wildman–Crippen MR) is 108 cm³/mol. The second-order valence-corrected chi connectivity index (χ2v) is 9.60. The van der Waals surface area contributed by atoms with Gasteiger partial charge in [-0.15, -0.1) is 0 Å². The van der Waals surface area contributed by atoms with E-state index in [1.165, 1.54) is 18.2 Å². The summed E-state index contributed by atoms with van der Waals surface area (Å²) in [6, 6.07) is 0.703. The van der Waals surface area contributed by atoms with Crippen LogP contribution in [0.5, 0.6) is 0 Å². The highest BCUT2D eigenvalue weighted by atomic mass is 19.1. The van der Waals surface area contributed by atoms with E-state index in [9.17, 15) is 14.7 Å². The summed E-state index contributed by atoms with van der Waals surface area (Å²) in [5.74, 6) is -0.845. The Bertz CT molecular complexity index is 948. The molecule has 2 heterocycles. The number of halogens is 1. The maximum Gasteiger partial charge on any atom is 0.341 e. The van der Waals surface area contributed by atoms with Crippen LogP contribution in [0.3, 0.4) is 0 Å². The maximum atomic E-state index is 16.1. The summed E-state index contributed by atoms with van der Waals surface area (Å²) in [7, 11) is 2.18. The molecule has 5 atom stereocenters. The zero-order valence-electron chi connectivity index (χ0n) is 17.1. The van der Waals surface area contributed by atoms with Gasteiger partial charge >= 0.3 is 5.97 Å². The van der Waals surface area contributed by atoms with Crippen molar-refractivity contribution < 1.29 is 14.3 Å². The minimum Gasteiger partial charge on any atom is -0.477 e. The van der Waals surface area contributed by atoms with Gasteiger partial charge in [0.05, 0.1) is 5.69 Å². The molecule has 5 rings (SSSR count). The quantitative estimate of drug-likeness (QED) is 0.785. The van der Waals surface area contributed by atoms with Crippen molar-refractivity contribution in [2.24, 2.45) is 17.8 Å². The van der Waals surface area contributed by atoms with Crippen molar-refractivity contribution in [3.05, 3.63) is 44.9 Å². The van der Waals surface area contributed by atoms with E-state index in [-0.39, 0.29) is 23.4 Å². The Labute approximate surface area is 170 Å². The van der Waals surface area contributed by atoms with Crippen LogP contribution >= 0.6 is 0 Å². The first-order valence-electron chi connectivity index (χ1n) is 10.9. The van der Waals surface area contributed by atoms with E-state index < -0.39 is 17.6 Å². The largest absolute Gasteiger partial charge is 0.477 e. The lowest BCUT2D eigenvalue weighted by atomic mass is 9.69. The third-order valence-electron chi connectivity index (χ3n) is 7.77. The highest BCUT2D eigenvalue weighted by Gasteiger charge is 2.45. The van der Waals surface area contributed by atoms with Crippen LogP contribution in [0.4, 0.5) is 4.39 Å². The number of carbonyl (C=O) groups is 1. The summed E-state index contributed by atoms with van der Waals surface area (Å²) in [4.78, 5) is 26.8. The summed E-state index contributed by atoms with van der Waals surface area (Å²) >= 11 is 0. The predicted octanol–water partition coefficient (Wildman–Crippen LogP) is 3.74. The number of aromatic nitrogens is 1. The third kappa shape index (κ3) is 2.98. The molecule has 5 unspecified atom stereocenters. The molecule has 6 heteroatoms. The number of likely N-dealkylation sites (tertiary alicyclic amines) is 1. The highest BCUT2D eigenvalue weighted by molar-refractivity contribution is 5.87. The van der Waals surface area contributed by atoms with E-state index in [0.29, 0.717) is 29.6 Å². The smallest absolute Gasteiger partial charge is 0.341 e. The van der Waals surface area contributed by atoms with Gasteiger partial charge in [0.1, 0.15) is 11.7 Å².